The van der Waals surface area contributed by atoms with Gasteiger partial charge in [0.2, 0.25) is 5.88 Å². The Morgan fingerprint density at radius 1 is 1.33 bits per heavy atom. The highest BCUT2D eigenvalue weighted by Gasteiger charge is 2.08. The van der Waals surface area contributed by atoms with Gasteiger partial charge in [-0.05, 0) is 43.7 Å². The average molecular weight is 309 g/mol. The number of aromatic nitrogens is 1. The molecule has 21 heavy (non-hydrogen) atoms. The Labute approximate surface area is 129 Å². The first kappa shape index (κ1) is 15.7. The van der Waals surface area contributed by atoms with Crippen molar-refractivity contribution >= 4 is 11.6 Å². The third-order valence-electron chi connectivity index (χ3n) is 3.07. The van der Waals surface area contributed by atoms with Gasteiger partial charge in [0.05, 0.1) is 5.02 Å². The fourth-order valence-electron chi connectivity index (χ4n) is 1.89. The van der Waals surface area contributed by atoms with E-state index in [9.17, 15) is 4.39 Å². The van der Waals surface area contributed by atoms with Crippen LogP contribution in [0.3, 0.4) is 0 Å². The van der Waals surface area contributed by atoms with E-state index < -0.39 is 5.82 Å². The first-order valence-corrected chi connectivity index (χ1v) is 7.30. The van der Waals surface area contributed by atoms with Gasteiger partial charge in [0, 0.05) is 24.4 Å². The van der Waals surface area contributed by atoms with Gasteiger partial charge in [0.1, 0.15) is 11.6 Å². The standard InChI is InChI=1S/C16H18ClFN2O/c1-3-7-19-11(2)12-6-8-20-16(9-12)21-13-4-5-15(18)14(17)10-13/h4-6,8-11,19H,3,7H2,1-2H3. The molecular weight excluding hydrogens is 291 g/mol. The largest absolute Gasteiger partial charge is 0.439 e. The molecule has 112 valence electrons. The smallest absolute Gasteiger partial charge is 0.219 e. The average Bonchev–Trinajstić information content (AvgIpc) is 2.49. The number of halogens is 2. The summed E-state index contributed by atoms with van der Waals surface area (Å²) in [6, 6.07) is 8.25. The first-order valence-electron chi connectivity index (χ1n) is 6.92. The minimum Gasteiger partial charge on any atom is -0.439 e. The number of benzene rings is 1. The summed E-state index contributed by atoms with van der Waals surface area (Å²) in [4.78, 5) is 4.16. The Morgan fingerprint density at radius 2 is 2.14 bits per heavy atom. The maximum Gasteiger partial charge on any atom is 0.219 e. The lowest BCUT2D eigenvalue weighted by molar-refractivity contribution is 0.458. The van der Waals surface area contributed by atoms with E-state index >= 15 is 0 Å². The van der Waals surface area contributed by atoms with Gasteiger partial charge in [-0.2, -0.15) is 0 Å². The van der Waals surface area contributed by atoms with Crippen molar-refractivity contribution in [2.24, 2.45) is 0 Å². The molecule has 0 aliphatic heterocycles. The number of nitrogens with zero attached hydrogens (tertiary/aromatic N) is 1. The zero-order chi connectivity index (χ0) is 15.2. The van der Waals surface area contributed by atoms with Crippen LogP contribution in [0.5, 0.6) is 11.6 Å². The number of hydrogen-bond acceptors (Lipinski definition) is 3. The monoisotopic (exact) mass is 308 g/mol. The summed E-state index contributed by atoms with van der Waals surface area (Å²) < 4.78 is 18.7. The van der Waals surface area contributed by atoms with Crippen LogP contribution in [-0.4, -0.2) is 11.5 Å². The summed E-state index contributed by atoms with van der Waals surface area (Å²) in [5.74, 6) is 0.448. The van der Waals surface area contributed by atoms with E-state index in [1.54, 1.807) is 6.20 Å². The highest BCUT2D eigenvalue weighted by molar-refractivity contribution is 6.30. The number of hydrogen-bond donors (Lipinski definition) is 1. The normalized spacial score (nSPS) is 12.2. The maximum atomic E-state index is 13.1. The quantitative estimate of drug-likeness (QED) is 0.838. The highest BCUT2D eigenvalue weighted by Crippen LogP contribution is 2.26. The lowest BCUT2D eigenvalue weighted by Gasteiger charge is -2.14. The van der Waals surface area contributed by atoms with E-state index in [2.05, 4.69) is 24.1 Å². The molecule has 0 spiro atoms. The van der Waals surface area contributed by atoms with Crippen molar-refractivity contribution in [2.75, 3.05) is 6.54 Å². The van der Waals surface area contributed by atoms with E-state index in [0.717, 1.165) is 18.5 Å². The zero-order valence-electron chi connectivity index (χ0n) is 12.1. The lowest BCUT2D eigenvalue weighted by Crippen LogP contribution is -2.19. The molecule has 0 saturated carbocycles. The molecule has 0 saturated heterocycles. The molecule has 1 N–H and O–H groups in total. The molecule has 0 radical (unpaired) electrons. The molecular formula is C16H18ClFN2O. The highest BCUT2D eigenvalue weighted by atomic mass is 35.5. The van der Waals surface area contributed by atoms with Gasteiger partial charge in [0.25, 0.3) is 0 Å². The van der Waals surface area contributed by atoms with Crippen LogP contribution in [0.25, 0.3) is 0 Å². The Morgan fingerprint density at radius 3 is 2.86 bits per heavy atom. The molecule has 3 nitrogen and oxygen atoms in total. The zero-order valence-corrected chi connectivity index (χ0v) is 12.8. The summed E-state index contributed by atoms with van der Waals surface area (Å²) >= 11 is 5.73. The van der Waals surface area contributed by atoms with Crippen molar-refractivity contribution in [3.63, 3.8) is 0 Å². The van der Waals surface area contributed by atoms with Crippen LogP contribution < -0.4 is 10.1 Å². The van der Waals surface area contributed by atoms with Gasteiger partial charge in [-0.3, -0.25) is 0 Å². The fraction of sp³-hybridized carbons (Fsp3) is 0.312. The third-order valence-corrected chi connectivity index (χ3v) is 3.36. The number of nitrogens with one attached hydrogen (secondary N) is 1. The van der Waals surface area contributed by atoms with E-state index in [4.69, 9.17) is 16.3 Å². The minimum atomic E-state index is -0.469. The Hall–Kier alpha value is -1.65. The molecule has 0 aliphatic carbocycles. The van der Waals surface area contributed by atoms with E-state index in [1.165, 1.54) is 18.2 Å². The summed E-state index contributed by atoms with van der Waals surface area (Å²) in [5, 5.41) is 3.43. The summed E-state index contributed by atoms with van der Waals surface area (Å²) in [7, 11) is 0. The predicted octanol–water partition coefficient (Wildman–Crippen LogP) is 4.73. The molecule has 0 bridgehead atoms. The summed E-state index contributed by atoms with van der Waals surface area (Å²) in [5.41, 5.74) is 1.08. The topological polar surface area (TPSA) is 34.2 Å². The van der Waals surface area contributed by atoms with Crippen molar-refractivity contribution in [2.45, 2.75) is 26.3 Å². The molecule has 1 atom stereocenters. The molecule has 1 unspecified atom stereocenters. The molecule has 1 aromatic heterocycles. The molecule has 0 fully saturated rings. The minimum absolute atomic E-state index is 0.0293. The number of ether oxygens (including phenoxy) is 1. The summed E-state index contributed by atoms with van der Waals surface area (Å²) in [6.07, 6.45) is 2.77. The number of rotatable bonds is 6. The Balaban J connectivity index is 2.11. The van der Waals surface area contributed by atoms with Gasteiger partial charge >= 0.3 is 0 Å². The van der Waals surface area contributed by atoms with E-state index in [1.807, 2.05) is 12.1 Å². The van der Waals surface area contributed by atoms with Gasteiger partial charge in [-0.25, -0.2) is 9.37 Å². The summed E-state index contributed by atoms with van der Waals surface area (Å²) in [6.45, 7) is 5.16. The second-order valence-electron chi connectivity index (χ2n) is 4.78. The molecule has 2 aromatic rings. The van der Waals surface area contributed by atoms with Crippen LogP contribution in [0.2, 0.25) is 5.02 Å². The predicted molar refractivity (Wildman–Crippen MR) is 82.4 cm³/mol. The lowest BCUT2D eigenvalue weighted by atomic mass is 10.1. The molecule has 0 amide bonds. The van der Waals surface area contributed by atoms with Gasteiger partial charge in [-0.15, -0.1) is 0 Å². The van der Waals surface area contributed by atoms with Crippen molar-refractivity contribution in [3.05, 3.63) is 52.9 Å². The third kappa shape index (κ3) is 4.41. The second kappa shape index (κ2) is 7.38. The van der Waals surface area contributed by atoms with Crippen LogP contribution in [0.1, 0.15) is 31.9 Å². The SMILES string of the molecule is CCCNC(C)c1ccnc(Oc2ccc(F)c(Cl)c2)c1. The van der Waals surface area contributed by atoms with Crippen LogP contribution in [0, 0.1) is 5.82 Å². The van der Waals surface area contributed by atoms with Crippen molar-refractivity contribution in [1.82, 2.24) is 10.3 Å². The van der Waals surface area contributed by atoms with Gasteiger partial charge in [-0.1, -0.05) is 18.5 Å². The molecule has 1 aromatic carbocycles. The van der Waals surface area contributed by atoms with Crippen LogP contribution in [0.4, 0.5) is 4.39 Å². The van der Waals surface area contributed by atoms with Crippen molar-refractivity contribution < 1.29 is 9.13 Å². The Bertz CT molecular complexity index is 607. The Kier molecular flexibility index (Phi) is 5.53. The number of pyridine rings is 1. The fourth-order valence-corrected chi connectivity index (χ4v) is 2.06. The maximum absolute atomic E-state index is 13.1. The van der Waals surface area contributed by atoms with Crippen molar-refractivity contribution in [3.8, 4) is 11.6 Å². The molecule has 1 heterocycles. The molecule has 0 aliphatic rings. The van der Waals surface area contributed by atoms with Crippen LogP contribution >= 0.6 is 11.6 Å². The van der Waals surface area contributed by atoms with Gasteiger partial charge in [0.15, 0.2) is 0 Å². The second-order valence-corrected chi connectivity index (χ2v) is 5.19. The molecule has 5 heteroatoms. The van der Waals surface area contributed by atoms with Crippen molar-refractivity contribution in [1.29, 1.82) is 0 Å². The first-order chi connectivity index (χ1) is 10.1. The van der Waals surface area contributed by atoms with E-state index in [-0.39, 0.29) is 11.1 Å². The van der Waals surface area contributed by atoms with E-state index in [0.29, 0.717) is 11.6 Å². The van der Waals surface area contributed by atoms with Crippen LogP contribution in [-0.2, 0) is 0 Å². The van der Waals surface area contributed by atoms with Gasteiger partial charge < -0.3 is 10.1 Å². The molecule has 2 rings (SSSR count). The van der Waals surface area contributed by atoms with Crippen LogP contribution in [0.15, 0.2) is 36.5 Å².